The van der Waals surface area contributed by atoms with Crippen molar-refractivity contribution in [2.75, 3.05) is 7.11 Å². The van der Waals surface area contributed by atoms with E-state index >= 15 is 0 Å². The molecule has 1 aromatic carbocycles. The zero-order valence-corrected chi connectivity index (χ0v) is 12.1. The van der Waals surface area contributed by atoms with Gasteiger partial charge in [0.15, 0.2) is 6.29 Å². The van der Waals surface area contributed by atoms with E-state index in [9.17, 15) is 9.90 Å². The van der Waals surface area contributed by atoms with Crippen molar-refractivity contribution in [3.05, 3.63) is 23.8 Å². The van der Waals surface area contributed by atoms with Crippen LogP contribution in [0.5, 0.6) is 5.75 Å². The molecule has 0 atom stereocenters. The molecule has 0 aromatic heterocycles. The van der Waals surface area contributed by atoms with Crippen LogP contribution in [0.25, 0.3) is 0 Å². The van der Waals surface area contributed by atoms with E-state index in [1.807, 2.05) is 27.7 Å². The van der Waals surface area contributed by atoms with Crippen LogP contribution in [0.1, 0.15) is 38.1 Å². The first-order valence-electron chi connectivity index (χ1n) is 6.08. The van der Waals surface area contributed by atoms with Crippen LogP contribution >= 0.6 is 0 Å². The van der Waals surface area contributed by atoms with Crippen LogP contribution in [0.4, 0.5) is 0 Å². The molecule has 0 amide bonds. The molecule has 0 unspecified atom stereocenters. The maximum atomic E-state index is 10.8. The van der Waals surface area contributed by atoms with Gasteiger partial charge in [0.2, 0.25) is 0 Å². The quantitative estimate of drug-likeness (QED) is 0.626. The summed E-state index contributed by atoms with van der Waals surface area (Å²) in [7, 11) is 3.20. The third kappa shape index (κ3) is 3.58. The van der Waals surface area contributed by atoms with Gasteiger partial charge >= 0.3 is 7.48 Å². The lowest BCUT2D eigenvalue weighted by Gasteiger charge is -2.40. The second kappa shape index (κ2) is 5.76. The normalized spacial score (nSPS) is 12.3. The van der Waals surface area contributed by atoms with Gasteiger partial charge in [0.25, 0.3) is 0 Å². The van der Waals surface area contributed by atoms with Gasteiger partial charge in [-0.1, -0.05) is 17.6 Å². The summed E-state index contributed by atoms with van der Waals surface area (Å²) in [6, 6.07) is 4.71. The first-order chi connectivity index (χ1) is 8.73. The number of benzene rings is 1. The van der Waals surface area contributed by atoms with E-state index in [0.717, 1.165) is 0 Å². The van der Waals surface area contributed by atoms with Gasteiger partial charge in [0, 0.05) is 7.11 Å². The zero-order chi connectivity index (χ0) is 14.7. The number of aldehydes is 1. The van der Waals surface area contributed by atoms with Crippen LogP contribution in [-0.4, -0.2) is 37.2 Å². The Bertz CT molecular complexity index is 455. The second-order valence-electron chi connectivity index (χ2n) is 5.40. The molecular weight excluding hydrogens is 243 g/mol. The van der Waals surface area contributed by atoms with Crippen molar-refractivity contribution >= 4 is 19.2 Å². The summed E-state index contributed by atoms with van der Waals surface area (Å²) in [6.45, 7) is 7.73. The summed E-state index contributed by atoms with van der Waals surface area (Å²) < 4.78 is 11.2. The van der Waals surface area contributed by atoms with E-state index in [-0.39, 0.29) is 11.3 Å². The van der Waals surface area contributed by atoms with Gasteiger partial charge < -0.3 is 14.5 Å². The highest BCUT2D eigenvalue weighted by Crippen LogP contribution is 2.27. The number of hydrogen-bond acceptors (Lipinski definition) is 4. The molecule has 0 fully saturated rings. The number of carbonyl (C=O) groups excluding carboxylic acids is 1. The van der Waals surface area contributed by atoms with Crippen LogP contribution < -0.4 is 5.46 Å². The number of hydrogen-bond donors (Lipinski definition) is 1. The van der Waals surface area contributed by atoms with Gasteiger partial charge in [-0.15, -0.1) is 0 Å². The molecule has 1 aromatic rings. The van der Waals surface area contributed by atoms with Gasteiger partial charge in [0.05, 0.1) is 16.8 Å². The maximum Gasteiger partial charge on any atom is 0.330 e. The molecule has 1 radical (unpaired) electrons. The number of methoxy groups -OCH3 is 1. The molecule has 0 heterocycles. The van der Waals surface area contributed by atoms with Crippen molar-refractivity contribution in [3.63, 3.8) is 0 Å². The average molecular weight is 263 g/mol. The summed E-state index contributed by atoms with van der Waals surface area (Å²) in [6.07, 6.45) is 0.608. The van der Waals surface area contributed by atoms with Crippen LogP contribution in [0.2, 0.25) is 0 Å². The summed E-state index contributed by atoms with van der Waals surface area (Å²) in [5.74, 6) is -0.0383. The largest absolute Gasteiger partial charge is 0.507 e. The third-order valence-corrected chi connectivity index (χ3v) is 3.63. The smallest absolute Gasteiger partial charge is 0.330 e. The molecule has 103 valence electrons. The monoisotopic (exact) mass is 263 g/mol. The number of phenols is 1. The van der Waals surface area contributed by atoms with E-state index in [2.05, 4.69) is 0 Å². The Morgan fingerprint density at radius 2 is 1.84 bits per heavy atom. The Labute approximate surface area is 115 Å². The Kier molecular flexibility index (Phi) is 4.77. The highest BCUT2D eigenvalue weighted by atomic mass is 16.5. The van der Waals surface area contributed by atoms with E-state index < -0.39 is 11.2 Å². The number of rotatable bonds is 6. The summed E-state index contributed by atoms with van der Waals surface area (Å²) >= 11 is 0. The Balaban J connectivity index is 2.79. The zero-order valence-electron chi connectivity index (χ0n) is 12.1. The number of ether oxygens (including phenoxy) is 1. The summed E-state index contributed by atoms with van der Waals surface area (Å²) in [5, 5.41) is 9.42. The minimum Gasteiger partial charge on any atom is -0.507 e. The van der Waals surface area contributed by atoms with Crippen LogP contribution in [-0.2, 0) is 9.39 Å². The first kappa shape index (κ1) is 15.7. The number of aromatic hydroxyl groups is 1. The Hall–Kier alpha value is -1.33. The molecule has 5 heteroatoms. The first-order valence-corrected chi connectivity index (χ1v) is 6.08. The van der Waals surface area contributed by atoms with Crippen molar-refractivity contribution < 1.29 is 19.3 Å². The molecule has 19 heavy (non-hydrogen) atoms. The van der Waals surface area contributed by atoms with Gasteiger partial charge in [0.1, 0.15) is 5.75 Å². The second-order valence-corrected chi connectivity index (χ2v) is 5.40. The fourth-order valence-corrected chi connectivity index (χ4v) is 1.34. The summed E-state index contributed by atoms with van der Waals surface area (Å²) in [5.41, 5.74) is -0.0597. The number of carbonyl (C=O) groups is 1. The lowest BCUT2D eigenvalue weighted by atomic mass is 9.82. The Morgan fingerprint density at radius 1 is 1.21 bits per heavy atom. The molecule has 0 aliphatic heterocycles. The lowest BCUT2D eigenvalue weighted by molar-refractivity contribution is -0.114. The minimum absolute atomic E-state index is 0.0383. The third-order valence-electron chi connectivity index (χ3n) is 3.63. The molecule has 0 spiro atoms. The Morgan fingerprint density at radius 3 is 2.37 bits per heavy atom. The fraction of sp³-hybridized carbons (Fsp3) is 0.500. The topological polar surface area (TPSA) is 55.8 Å². The molecule has 0 saturated heterocycles. The van der Waals surface area contributed by atoms with Crippen molar-refractivity contribution in [1.29, 1.82) is 0 Å². The van der Waals surface area contributed by atoms with Gasteiger partial charge in [-0.25, -0.2) is 0 Å². The number of phenolic OH excluding ortho intramolecular Hbond substituents is 1. The van der Waals surface area contributed by atoms with Crippen molar-refractivity contribution in [2.24, 2.45) is 0 Å². The van der Waals surface area contributed by atoms with Gasteiger partial charge in [-0.2, -0.15) is 0 Å². The SMILES string of the molecule is COC(C)(C)C(C)(C)O[B]c1ccc(O)c(C=O)c1. The highest BCUT2D eigenvalue weighted by molar-refractivity contribution is 6.47. The molecule has 0 saturated carbocycles. The molecule has 0 bridgehead atoms. The standard InChI is InChI=1S/C14H20BO4/c1-13(2,18-5)14(3,4)19-15-11-6-7-12(17)10(8-11)9-16/h6-9,17H,1-5H3. The van der Waals surface area contributed by atoms with E-state index in [0.29, 0.717) is 11.7 Å². The molecule has 0 aliphatic carbocycles. The van der Waals surface area contributed by atoms with Crippen LogP contribution in [0.15, 0.2) is 18.2 Å². The van der Waals surface area contributed by atoms with Gasteiger partial charge in [-0.05, 0) is 33.8 Å². The molecule has 1 rings (SSSR count). The molecule has 4 nitrogen and oxygen atoms in total. The fourth-order valence-electron chi connectivity index (χ4n) is 1.34. The van der Waals surface area contributed by atoms with E-state index in [4.69, 9.17) is 9.39 Å². The molecule has 1 N–H and O–H groups in total. The molecular formula is C14H20BO4. The van der Waals surface area contributed by atoms with Crippen molar-refractivity contribution in [2.45, 2.75) is 38.9 Å². The predicted octanol–water partition coefficient (Wildman–Crippen LogP) is 1.67. The van der Waals surface area contributed by atoms with E-state index in [1.54, 1.807) is 26.7 Å². The van der Waals surface area contributed by atoms with Crippen molar-refractivity contribution in [3.8, 4) is 5.75 Å². The highest BCUT2D eigenvalue weighted by Gasteiger charge is 2.37. The average Bonchev–Trinajstić information content (AvgIpc) is 2.37. The van der Waals surface area contributed by atoms with Gasteiger partial charge in [-0.3, -0.25) is 4.79 Å². The summed E-state index contributed by atoms with van der Waals surface area (Å²) in [4.78, 5) is 10.8. The molecule has 0 aliphatic rings. The van der Waals surface area contributed by atoms with Crippen molar-refractivity contribution in [1.82, 2.24) is 0 Å². The predicted molar refractivity (Wildman–Crippen MR) is 75.1 cm³/mol. The maximum absolute atomic E-state index is 10.8. The lowest BCUT2D eigenvalue weighted by Crippen LogP contribution is -2.50. The minimum atomic E-state index is -0.541. The van der Waals surface area contributed by atoms with E-state index in [1.165, 1.54) is 6.07 Å². The van der Waals surface area contributed by atoms with Crippen LogP contribution in [0.3, 0.4) is 0 Å². The van der Waals surface area contributed by atoms with Crippen LogP contribution in [0, 0.1) is 0 Å².